The molecule has 1 fully saturated rings. The van der Waals surface area contributed by atoms with E-state index in [1.807, 2.05) is 26.0 Å². The molecule has 1 N–H and O–H groups in total. The monoisotopic (exact) mass is 402 g/mol. The molecule has 3 rings (SSSR count). The number of carbonyl (C=O) groups is 1. The second-order valence-electron chi connectivity index (χ2n) is 7.02. The first-order valence-corrected chi connectivity index (χ1v) is 10.8. The first-order chi connectivity index (χ1) is 13.4. The molecule has 0 spiro atoms. The van der Waals surface area contributed by atoms with Gasteiger partial charge in [-0.05, 0) is 49.6 Å². The van der Waals surface area contributed by atoms with Crippen LogP contribution in [0.1, 0.15) is 23.1 Å². The van der Waals surface area contributed by atoms with Gasteiger partial charge in [-0.25, -0.2) is 8.42 Å². The number of carbonyl (C=O) groups excluding carboxylic acids is 1. The number of amides is 1. The van der Waals surface area contributed by atoms with E-state index in [1.54, 1.807) is 18.2 Å². The Morgan fingerprint density at radius 2 is 1.86 bits per heavy atom. The van der Waals surface area contributed by atoms with Crippen molar-refractivity contribution in [3.8, 4) is 0 Å². The Morgan fingerprint density at radius 3 is 2.57 bits per heavy atom. The van der Waals surface area contributed by atoms with E-state index in [0.717, 1.165) is 5.56 Å². The second kappa shape index (κ2) is 8.86. The van der Waals surface area contributed by atoms with Crippen molar-refractivity contribution < 1.29 is 17.9 Å². The minimum absolute atomic E-state index is 0.138. The van der Waals surface area contributed by atoms with Crippen molar-refractivity contribution in [2.75, 3.05) is 31.6 Å². The first-order valence-electron chi connectivity index (χ1n) is 9.40. The lowest BCUT2D eigenvalue weighted by Crippen LogP contribution is -2.40. The molecule has 0 saturated carbocycles. The summed E-state index contributed by atoms with van der Waals surface area (Å²) >= 11 is 0. The molecule has 1 saturated heterocycles. The number of anilines is 1. The summed E-state index contributed by atoms with van der Waals surface area (Å²) in [6.07, 6.45) is 0.980. The van der Waals surface area contributed by atoms with E-state index in [9.17, 15) is 13.2 Å². The molecular formula is C21H26N2O4S. The van der Waals surface area contributed by atoms with E-state index < -0.39 is 10.0 Å². The molecule has 2 aromatic carbocycles. The maximum atomic E-state index is 12.8. The molecule has 0 atom stereocenters. The number of nitrogens with zero attached hydrogens (tertiary/aromatic N) is 1. The Hall–Kier alpha value is -2.22. The summed E-state index contributed by atoms with van der Waals surface area (Å²) in [6.45, 7) is 5.56. The normalized spacial score (nSPS) is 15.4. The first kappa shape index (κ1) is 20.5. The van der Waals surface area contributed by atoms with Gasteiger partial charge in [-0.15, -0.1) is 0 Å². The van der Waals surface area contributed by atoms with Gasteiger partial charge in [0.2, 0.25) is 15.9 Å². The Morgan fingerprint density at radius 1 is 1.11 bits per heavy atom. The molecule has 6 nitrogen and oxygen atoms in total. The summed E-state index contributed by atoms with van der Waals surface area (Å²) in [6, 6.07) is 12.6. The quantitative estimate of drug-likeness (QED) is 0.806. The third-order valence-corrected chi connectivity index (χ3v) is 6.74. The van der Waals surface area contributed by atoms with Crippen molar-refractivity contribution >= 4 is 21.6 Å². The SMILES string of the molecule is Cc1ccc(CCC(=O)Nc2cccc(S(=O)(=O)N3CCOCC3)c2)c(C)c1. The zero-order valence-corrected chi connectivity index (χ0v) is 17.1. The van der Waals surface area contributed by atoms with Crippen LogP contribution in [0, 0.1) is 13.8 Å². The predicted octanol–water partition coefficient (Wildman–Crippen LogP) is 2.90. The lowest BCUT2D eigenvalue weighted by molar-refractivity contribution is -0.116. The zero-order chi connectivity index (χ0) is 20.1. The van der Waals surface area contributed by atoms with Crippen molar-refractivity contribution in [1.29, 1.82) is 0 Å². The van der Waals surface area contributed by atoms with Gasteiger partial charge in [0.05, 0.1) is 18.1 Å². The van der Waals surface area contributed by atoms with Gasteiger partial charge in [0.25, 0.3) is 0 Å². The predicted molar refractivity (Wildman–Crippen MR) is 109 cm³/mol. The number of aryl methyl sites for hydroxylation is 3. The van der Waals surface area contributed by atoms with Crippen molar-refractivity contribution in [2.45, 2.75) is 31.6 Å². The Bertz CT molecular complexity index is 951. The molecule has 2 aromatic rings. The van der Waals surface area contributed by atoms with Crippen LogP contribution in [0.15, 0.2) is 47.4 Å². The van der Waals surface area contributed by atoms with E-state index >= 15 is 0 Å². The molecule has 150 valence electrons. The molecule has 1 aliphatic rings. The topological polar surface area (TPSA) is 75.7 Å². The molecule has 0 bridgehead atoms. The summed E-state index contributed by atoms with van der Waals surface area (Å²) in [5.74, 6) is -0.138. The zero-order valence-electron chi connectivity index (χ0n) is 16.3. The molecule has 28 heavy (non-hydrogen) atoms. The third-order valence-electron chi connectivity index (χ3n) is 4.85. The molecule has 1 amide bonds. The van der Waals surface area contributed by atoms with Gasteiger partial charge in [-0.3, -0.25) is 4.79 Å². The summed E-state index contributed by atoms with van der Waals surface area (Å²) in [5.41, 5.74) is 4.00. The van der Waals surface area contributed by atoms with Gasteiger partial charge in [0.1, 0.15) is 0 Å². The molecule has 1 aliphatic heterocycles. The molecule has 0 aliphatic carbocycles. The van der Waals surface area contributed by atoms with Crippen LogP contribution in [0.2, 0.25) is 0 Å². The smallest absolute Gasteiger partial charge is 0.243 e. The number of morpholine rings is 1. The van der Waals surface area contributed by atoms with Gasteiger partial charge < -0.3 is 10.1 Å². The average molecular weight is 403 g/mol. The Kier molecular flexibility index (Phi) is 6.49. The minimum atomic E-state index is -3.58. The van der Waals surface area contributed by atoms with Crippen LogP contribution in [-0.4, -0.2) is 44.9 Å². The number of rotatable bonds is 6. The summed E-state index contributed by atoms with van der Waals surface area (Å²) < 4.78 is 32.2. The third kappa shape index (κ3) is 4.98. The van der Waals surface area contributed by atoms with Crippen LogP contribution in [0.5, 0.6) is 0 Å². The van der Waals surface area contributed by atoms with Crippen LogP contribution in [-0.2, 0) is 26.0 Å². The molecule has 0 unspecified atom stereocenters. The molecule has 7 heteroatoms. The highest BCUT2D eigenvalue weighted by atomic mass is 32.2. The second-order valence-corrected chi connectivity index (χ2v) is 8.96. The van der Waals surface area contributed by atoms with Crippen molar-refractivity contribution in [3.63, 3.8) is 0 Å². The van der Waals surface area contributed by atoms with Crippen molar-refractivity contribution in [1.82, 2.24) is 4.31 Å². The lowest BCUT2D eigenvalue weighted by Gasteiger charge is -2.26. The van der Waals surface area contributed by atoms with Gasteiger partial charge in [0.15, 0.2) is 0 Å². The summed E-state index contributed by atoms with van der Waals surface area (Å²) in [7, 11) is -3.58. The fraction of sp³-hybridized carbons (Fsp3) is 0.381. The van der Waals surface area contributed by atoms with E-state index in [1.165, 1.54) is 21.5 Å². The van der Waals surface area contributed by atoms with Crippen molar-refractivity contribution in [2.24, 2.45) is 0 Å². The maximum absolute atomic E-state index is 12.8. The van der Waals surface area contributed by atoms with Gasteiger partial charge in [-0.1, -0.05) is 29.8 Å². The number of hydrogen-bond acceptors (Lipinski definition) is 4. The fourth-order valence-electron chi connectivity index (χ4n) is 3.27. The maximum Gasteiger partial charge on any atom is 0.243 e. The average Bonchev–Trinajstić information content (AvgIpc) is 2.68. The lowest BCUT2D eigenvalue weighted by atomic mass is 10.0. The van der Waals surface area contributed by atoms with E-state index in [0.29, 0.717) is 44.8 Å². The highest BCUT2D eigenvalue weighted by molar-refractivity contribution is 7.89. The molecule has 0 aromatic heterocycles. The van der Waals surface area contributed by atoms with Crippen LogP contribution in [0.4, 0.5) is 5.69 Å². The minimum Gasteiger partial charge on any atom is -0.379 e. The number of benzene rings is 2. The van der Waals surface area contributed by atoms with Crippen LogP contribution in [0.25, 0.3) is 0 Å². The fourth-order valence-corrected chi connectivity index (χ4v) is 4.72. The number of ether oxygens (including phenoxy) is 1. The number of hydrogen-bond donors (Lipinski definition) is 1. The standard InChI is InChI=1S/C21H26N2O4S/c1-16-6-7-18(17(2)14-16)8-9-21(24)22-19-4-3-5-20(15-19)28(25,26)23-10-12-27-13-11-23/h3-7,14-15H,8-13H2,1-2H3,(H,22,24). The van der Waals surface area contributed by atoms with Gasteiger partial charge in [-0.2, -0.15) is 4.31 Å². The Balaban J connectivity index is 1.64. The summed E-state index contributed by atoms with van der Waals surface area (Å²) in [5, 5.41) is 2.81. The van der Waals surface area contributed by atoms with Crippen LogP contribution < -0.4 is 5.32 Å². The highest BCUT2D eigenvalue weighted by Gasteiger charge is 2.26. The van der Waals surface area contributed by atoms with Gasteiger partial charge >= 0.3 is 0 Å². The number of sulfonamides is 1. The van der Waals surface area contributed by atoms with Crippen LogP contribution >= 0.6 is 0 Å². The molecule has 0 radical (unpaired) electrons. The highest BCUT2D eigenvalue weighted by Crippen LogP contribution is 2.21. The van der Waals surface area contributed by atoms with Crippen molar-refractivity contribution in [3.05, 3.63) is 59.2 Å². The molecular weight excluding hydrogens is 376 g/mol. The van der Waals surface area contributed by atoms with Crippen LogP contribution in [0.3, 0.4) is 0 Å². The van der Waals surface area contributed by atoms with E-state index in [-0.39, 0.29) is 10.8 Å². The largest absolute Gasteiger partial charge is 0.379 e. The summed E-state index contributed by atoms with van der Waals surface area (Å²) in [4.78, 5) is 12.5. The number of nitrogens with one attached hydrogen (secondary N) is 1. The Labute approximate surface area is 166 Å². The molecule has 1 heterocycles. The van der Waals surface area contributed by atoms with E-state index in [4.69, 9.17) is 4.74 Å². The van der Waals surface area contributed by atoms with Gasteiger partial charge in [0, 0.05) is 25.2 Å². The van der Waals surface area contributed by atoms with E-state index in [2.05, 4.69) is 11.4 Å².